The van der Waals surface area contributed by atoms with Gasteiger partial charge in [0.25, 0.3) is 0 Å². The van der Waals surface area contributed by atoms with Crippen molar-refractivity contribution in [2.45, 2.75) is 0 Å². The number of hydrogen-bond donors (Lipinski definition) is 0. The summed E-state index contributed by atoms with van der Waals surface area (Å²) < 4.78 is 8.55. The van der Waals surface area contributed by atoms with Crippen LogP contribution in [0.4, 0.5) is 0 Å². The Balaban J connectivity index is -0.0000000800. The molecule has 0 aromatic rings. The van der Waals surface area contributed by atoms with E-state index in [2.05, 4.69) is 0 Å². The minimum Gasteiger partial charge on any atom is -0.822 e. The zero-order chi connectivity index (χ0) is 4.50. The van der Waals surface area contributed by atoms with Crippen molar-refractivity contribution in [3.63, 3.8) is 0 Å². The van der Waals surface area contributed by atoms with Gasteiger partial charge in [-0.05, 0) is 0 Å². The van der Waals surface area contributed by atoms with E-state index in [1.165, 1.54) is 0 Å². The van der Waals surface area contributed by atoms with Crippen LogP contribution >= 0.6 is 7.82 Å². The van der Waals surface area contributed by atoms with Gasteiger partial charge in [-0.1, -0.05) is 0 Å². The third-order valence-electron chi connectivity index (χ3n) is 0. The van der Waals surface area contributed by atoms with Crippen LogP contribution in [0.1, 0.15) is 0 Å². The molecule has 0 saturated heterocycles. The molecule has 0 aliphatic rings. The van der Waals surface area contributed by atoms with E-state index in [1.807, 2.05) is 0 Å². The fraction of sp³-hybridized carbons (Fsp3) is 0. The predicted octanol–water partition coefficient (Wildman–Crippen LogP) is -2.83. The summed E-state index contributed by atoms with van der Waals surface area (Å²) in [6, 6.07) is 0. The van der Waals surface area contributed by atoms with Crippen molar-refractivity contribution in [3.05, 3.63) is 0 Å². The van der Waals surface area contributed by atoms with E-state index in [0.717, 1.165) is 0 Å². The van der Waals surface area contributed by atoms with Crippen molar-refractivity contribution < 1.29 is 53.1 Å². The maximum atomic E-state index is 8.55. The van der Waals surface area contributed by atoms with E-state index in [4.69, 9.17) is 19.2 Å². The molecule has 7 heavy (non-hydrogen) atoms. The smallest absolute Gasteiger partial charge is 0.822 e. The number of hydrogen-bond acceptors (Lipinski definition) is 4. The molecule has 0 aromatic carbocycles. The largest absolute Gasteiger partial charge is 3.00 e. The first-order valence-electron chi connectivity index (χ1n) is 0.730. The van der Waals surface area contributed by atoms with Gasteiger partial charge in [0.2, 0.25) is 0 Å². The molecule has 0 fully saturated rings. The molecule has 4 nitrogen and oxygen atoms in total. The molecule has 0 unspecified atom stereocenters. The average Bonchev–Trinajstić information content (AvgIpc) is 0.722. The normalized spacial score (nSPS) is 8.43. The van der Waals surface area contributed by atoms with Crippen molar-refractivity contribution in [1.29, 1.82) is 0 Å². The molecule has 0 spiro atoms. The minimum atomic E-state index is -5.39. The molecule has 0 aromatic heterocycles. The van der Waals surface area contributed by atoms with Crippen LogP contribution in [-0.2, 0) is 38.4 Å². The second-order valence-electron chi connectivity index (χ2n) is 0.447. The molecule has 7 heteroatoms. The van der Waals surface area contributed by atoms with Crippen LogP contribution in [-0.4, -0.2) is 0 Å². The van der Waals surface area contributed by atoms with Crippen LogP contribution in [0.15, 0.2) is 0 Å². The number of rotatable bonds is 0. The molecular formula is CrNiO4P+2. The van der Waals surface area contributed by atoms with Gasteiger partial charge in [-0.3, -0.25) is 0 Å². The molecule has 0 amide bonds. The summed E-state index contributed by atoms with van der Waals surface area (Å²) in [6.45, 7) is 0. The SMILES string of the molecule is O=P([O-])([O-])[O-].[Cr+3].[Ni+2]. The van der Waals surface area contributed by atoms with Crippen molar-refractivity contribution in [3.8, 4) is 0 Å². The van der Waals surface area contributed by atoms with Gasteiger partial charge in [0.15, 0.2) is 0 Å². The summed E-state index contributed by atoms with van der Waals surface area (Å²) in [7, 11) is -5.39. The molecule has 0 aliphatic carbocycles. The van der Waals surface area contributed by atoms with Crippen molar-refractivity contribution >= 4 is 7.82 Å². The molecule has 0 heterocycles. The summed E-state index contributed by atoms with van der Waals surface area (Å²) in [5.41, 5.74) is 0. The fourth-order valence-electron chi connectivity index (χ4n) is 0. The molecule has 0 N–H and O–H groups in total. The molecule has 0 aliphatic heterocycles. The van der Waals surface area contributed by atoms with Gasteiger partial charge in [0.05, 0.1) is 0 Å². The maximum Gasteiger partial charge on any atom is 3.00 e. The topological polar surface area (TPSA) is 86.2 Å². The summed E-state index contributed by atoms with van der Waals surface area (Å²) >= 11 is 0. The van der Waals surface area contributed by atoms with Crippen molar-refractivity contribution in [1.82, 2.24) is 0 Å². The molecule has 0 bridgehead atoms. The van der Waals surface area contributed by atoms with E-state index in [9.17, 15) is 0 Å². The monoisotopic (exact) mass is 205 g/mol. The Hall–Kier alpha value is 1.14. The van der Waals surface area contributed by atoms with Gasteiger partial charge in [0, 0.05) is 0 Å². The van der Waals surface area contributed by atoms with Crippen LogP contribution in [0.5, 0.6) is 0 Å². The van der Waals surface area contributed by atoms with Crippen molar-refractivity contribution in [2.24, 2.45) is 0 Å². The Labute approximate surface area is 61.2 Å². The molecule has 0 atom stereocenters. The van der Waals surface area contributed by atoms with Gasteiger partial charge in [-0.15, -0.1) is 0 Å². The van der Waals surface area contributed by atoms with Crippen molar-refractivity contribution in [2.75, 3.05) is 0 Å². The van der Waals surface area contributed by atoms with Crippen LogP contribution in [0.25, 0.3) is 0 Å². The molecule has 0 saturated carbocycles. The second kappa shape index (κ2) is 5.28. The Morgan fingerprint density at radius 3 is 1.14 bits per heavy atom. The van der Waals surface area contributed by atoms with E-state index in [-0.39, 0.29) is 33.9 Å². The van der Waals surface area contributed by atoms with E-state index < -0.39 is 7.82 Å². The van der Waals surface area contributed by atoms with Gasteiger partial charge in [-0.2, -0.15) is 7.82 Å². The van der Waals surface area contributed by atoms with Gasteiger partial charge in [0.1, 0.15) is 0 Å². The third kappa shape index (κ3) is 146. The van der Waals surface area contributed by atoms with E-state index in [0.29, 0.717) is 0 Å². The first-order valence-corrected chi connectivity index (χ1v) is 2.19. The van der Waals surface area contributed by atoms with E-state index in [1.54, 1.807) is 0 Å². The van der Waals surface area contributed by atoms with Crippen LogP contribution in [0.2, 0.25) is 0 Å². The summed E-state index contributed by atoms with van der Waals surface area (Å²) in [5, 5.41) is 0. The number of phosphoric acid groups is 1. The summed E-state index contributed by atoms with van der Waals surface area (Å²) in [6.07, 6.45) is 0. The molecule has 1 radical (unpaired) electrons. The molecular weight excluding hydrogens is 206 g/mol. The average molecular weight is 206 g/mol. The first-order chi connectivity index (χ1) is 2.00. The Morgan fingerprint density at radius 1 is 1.14 bits per heavy atom. The standard InChI is InChI=1S/Cr.Ni.H3O4P/c;;1-5(2,3)4/h;;(H3,1,2,3,4)/q+3;+2;/p-3. The zero-order valence-electron chi connectivity index (χ0n) is 2.80. The Kier molecular flexibility index (Phi) is 11.8. The fourth-order valence-corrected chi connectivity index (χ4v) is 0. The minimum absolute atomic E-state index is 0. The Morgan fingerprint density at radius 2 is 1.14 bits per heavy atom. The van der Waals surface area contributed by atoms with Gasteiger partial charge in [-0.25, -0.2) is 0 Å². The summed E-state index contributed by atoms with van der Waals surface area (Å²) in [5.74, 6) is 0. The quantitative estimate of drug-likeness (QED) is 0.315. The van der Waals surface area contributed by atoms with Crippen LogP contribution < -0.4 is 14.7 Å². The Bertz CT molecular complexity index is 57.8. The van der Waals surface area contributed by atoms with Crippen LogP contribution in [0, 0.1) is 0 Å². The third-order valence-corrected chi connectivity index (χ3v) is 0. The van der Waals surface area contributed by atoms with Gasteiger partial charge < -0.3 is 19.2 Å². The summed E-state index contributed by atoms with van der Waals surface area (Å²) in [4.78, 5) is 25.6. The molecule has 0 rings (SSSR count). The van der Waals surface area contributed by atoms with E-state index >= 15 is 0 Å². The molecule has 43 valence electrons. The maximum absolute atomic E-state index is 8.55. The second-order valence-corrected chi connectivity index (χ2v) is 1.34. The van der Waals surface area contributed by atoms with Gasteiger partial charge >= 0.3 is 33.9 Å². The predicted molar refractivity (Wildman–Crippen MR) is 7.61 cm³/mol. The zero-order valence-corrected chi connectivity index (χ0v) is 5.96. The van der Waals surface area contributed by atoms with Crippen LogP contribution in [0.3, 0.4) is 0 Å². The first kappa shape index (κ1) is 15.7.